The van der Waals surface area contributed by atoms with Crippen molar-refractivity contribution in [2.45, 2.75) is 6.92 Å². The lowest BCUT2D eigenvalue weighted by Crippen LogP contribution is -2.01. The van der Waals surface area contributed by atoms with Crippen LogP contribution in [0.2, 0.25) is 5.02 Å². The number of thiophene rings is 1. The quantitative estimate of drug-likeness (QED) is 0.305. The topological polar surface area (TPSA) is 39.2 Å². The lowest BCUT2D eigenvalue weighted by molar-refractivity contribution is 0.0603. The van der Waals surface area contributed by atoms with E-state index in [-0.39, 0.29) is 5.97 Å². The number of benzene rings is 1. The van der Waals surface area contributed by atoms with E-state index in [0.29, 0.717) is 21.4 Å². The normalized spacial score (nSPS) is 10.4. The molecule has 0 fully saturated rings. The van der Waals surface area contributed by atoms with Crippen molar-refractivity contribution in [2.75, 3.05) is 12.4 Å². The molecule has 3 aromatic rings. The Labute approximate surface area is 163 Å². The summed E-state index contributed by atoms with van der Waals surface area (Å²) in [6.45, 7) is 1.90. The molecule has 0 aliphatic heterocycles. The van der Waals surface area contributed by atoms with E-state index in [1.165, 1.54) is 18.4 Å². The average molecular weight is 435 g/mol. The van der Waals surface area contributed by atoms with Crippen LogP contribution in [0.4, 0.5) is 0 Å². The molecule has 0 saturated heterocycles. The molecule has 25 heavy (non-hydrogen) atoms. The van der Waals surface area contributed by atoms with Crippen LogP contribution in [0.5, 0.6) is 0 Å². The molecule has 1 aromatic carbocycles. The number of hydrogen-bond acceptors (Lipinski definition) is 4. The van der Waals surface area contributed by atoms with Gasteiger partial charge in [0.05, 0.1) is 28.2 Å². The number of methoxy groups -OCH3 is 1. The Morgan fingerprint density at radius 1 is 1.36 bits per heavy atom. The first-order valence-corrected chi connectivity index (χ1v) is 9.75. The maximum Gasteiger partial charge on any atom is 0.340 e. The Balaban J connectivity index is 2.32. The van der Waals surface area contributed by atoms with Gasteiger partial charge >= 0.3 is 5.97 Å². The zero-order chi connectivity index (χ0) is 18.0. The molecule has 2 heterocycles. The summed E-state index contributed by atoms with van der Waals surface area (Å²) in [5.74, 6) is 5.79. The van der Waals surface area contributed by atoms with E-state index in [1.807, 2.05) is 31.2 Å². The Kier molecular flexibility index (Phi) is 5.43. The third kappa shape index (κ3) is 3.57. The van der Waals surface area contributed by atoms with E-state index in [2.05, 4.69) is 32.8 Å². The number of nitrogens with zero attached hydrogens (tertiary/aromatic N) is 1. The number of carbonyl (C=O) groups is 1. The van der Waals surface area contributed by atoms with E-state index in [1.54, 1.807) is 5.38 Å². The highest BCUT2D eigenvalue weighted by Crippen LogP contribution is 2.37. The van der Waals surface area contributed by atoms with Gasteiger partial charge in [0.1, 0.15) is 0 Å². The number of halogens is 2. The van der Waals surface area contributed by atoms with Gasteiger partial charge in [-0.2, -0.15) is 0 Å². The molecule has 3 nitrogen and oxygen atoms in total. The number of rotatable bonds is 2. The minimum atomic E-state index is -0.388. The van der Waals surface area contributed by atoms with E-state index in [0.717, 1.165) is 27.1 Å². The van der Waals surface area contributed by atoms with Crippen molar-refractivity contribution in [2.24, 2.45) is 0 Å². The van der Waals surface area contributed by atoms with Crippen molar-refractivity contribution < 1.29 is 9.53 Å². The van der Waals surface area contributed by atoms with Gasteiger partial charge in [-0.05, 0) is 31.2 Å². The highest BCUT2D eigenvalue weighted by atomic mass is 79.9. The number of esters is 1. The van der Waals surface area contributed by atoms with Gasteiger partial charge in [0.2, 0.25) is 0 Å². The van der Waals surface area contributed by atoms with Crippen LogP contribution in [0.3, 0.4) is 0 Å². The number of ether oxygens (including phenoxy) is 1. The predicted molar refractivity (Wildman–Crippen MR) is 107 cm³/mol. The summed E-state index contributed by atoms with van der Waals surface area (Å²) in [7, 11) is 1.37. The molecule has 2 aromatic heterocycles. The molecule has 0 N–H and O–H groups in total. The molecule has 0 aliphatic rings. The van der Waals surface area contributed by atoms with Crippen LogP contribution in [0.25, 0.3) is 21.3 Å². The molecule has 0 bridgehead atoms. The first-order valence-electron chi connectivity index (χ1n) is 7.37. The molecule has 0 amide bonds. The molecular formula is C19H13BrClNO2S. The summed E-state index contributed by atoms with van der Waals surface area (Å²) < 4.78 is 5.78. The van der Waals surface area contributed by atoms with E-state index >= 15 is 0 Å². The highest BCUT2D eigenvalue weighted by molar-refractivity contribution is 9.09. The maximum atomic E-state index is 12.0. The van der Waals surface area contributed by atoms with Crippen LogP contribution < -0.4 is 0 Å². The predicted octanol–water partition coefficient (Wildman–Crippen LogP) is 5.46. The van der Waals surface area contributed by atoms with Crippen LogP contribution in [0.15, 0.2) is 29.6 Å². The van der Waals surface area contributed by atoms with E-state index in [9.17, 15) is 4.79 Å². The number of alkyl halides is 1. The van der Waals surface area contributed by atoms with Gasteiger partial charge in [-0.15, -0.1) is 11.3 Å². The van der Waals surface area contributed by atoms with Gasteiger partial charge in [-0.25, -0.2) is 4.79 Å². The average Bonchev–Trinajstić information content (AvgIpc) is 3.03. The molecule has 0 aliphatic carbocycles. The van der Waals surface area contributed by atoms with Crippen molar-refractivity contribution in [3.05, 3.63) is 51.5 Å². The number of hydrogen-bond donors (Lipinski definition) is 0. The van der Waals surface area contributed by atoms with E-state index in [4.69, 9.17) is 16.3 Å². The summed E-state index contributed by atoms with van der Waals surface area (Å²) in [5.41, 5.74) is 4.70. The van der Waals surface area contributed by atoms with Gasteiger partial charge < -0.3 is 4.74 Å². The Bertz CT molecular complexity index is 1030. The number of aromatic nitrogens is 1. The van der Waals surface area contributed by atoms with Gasteiger partial charge in [0.15, 0.2) is 0 Å². The molecule has 3 rings (SSSR count). The zero-order valence-electron chi connectivity index (χ0n) is 13.5. The number of fused-ring (bicyclic) bond motifs is 1. The number of pyridine rings is 1. The van der Waals surface area contributed by atoms with Crippen molar-refractivity contribution >= 4 is 55.1 Å². The fraction of sp³-hybridized carbons (Fsp3) is 0.158. The molecule has 0 unspecified atom stereocenters. The Morgan fingerprint density at radius 3 is 2.88 bits per heavy atom. The Morgan fingerprint density at radius 2 is 2.16 bits per heavy atom. The minimum Gasteiger partial charge on any atom is -0.465 e. The fourth-order valence-electron chi connectivity index (χ4n) is 2.57. The smallest absolute Gasteiger partial charge is 0.340 e. The first kappa shape index (κ1) is 17.9. The maximum absolute atomic E-state index is 12.0. The van der Waals surface area contributed by atoms with Crippen LogP contribution in [0, 0.1) is 18.8 Å². The second-order valence-electron chi connectivity index (χ2n) is 5.26. The molecule has 6 heteroatoms. The SMILES string of the molecule is COC(=O)c1csc2c(-c3cc(Cl)ccc3C#CCBr)cc(C)nc12. The van der Waals surface area contributed by atoms with Crippen LogP contribution >= 0.6 is 38.9 Å². The molecule has 0 spiro atoms. The molecule has 126 valence electrons. The molecule has 0 radical (unpaired) electrons. The second kappa shape index (κ2) is 7.57. The monoisotopic (exact) mass is 433 g/mol. The summed E-state index contributed by atoms with van der Waals surface area (Å²) >= 11 is 11.0. The minimum absolute atomic E-state index is 0.388. The van der Waals surface area contributed by atoms with Gasteiger partial charge in [-0.3, -0.25) is 4.98 Å². The number of carbonyl (C=O) groups excluding carboxylic acids is 1. The zero-order valence-corrected chi connectivity index (χ0v) is 16.7. The van der Waals surface area contributed by atoms with Gasteiger partial charge in [0.25, 0.3) is 0 Å². The van der Waals surface area contributed by atoms with Crippen molar-refractivity contribution in [3.63, 3.8) is 0 Å². The summed E-state index contributed by atoms with van der Waals surface area (Å²) in [6.07, 6.45) is 0. The highest BCUT2D eigenvalue weighted by Gasteiger charge is 2.18. The second-order valence-corrected chi connectivity index (χ2v) is 7.13. The van der Waals surface area contributed by atoms with Gasteiger partial charge in [0, 0.05) is 32.8 Å². The Hall–Kier alpha value is -1.87. The first-order chi connectivity index (χ1) is 12.0. The summed E-state index contributed by atoms with van der Waals surface area (Å²) in [6, 6.07) is 7.61. The van der Waals surface area contributed by atoms with Crippen molar-refractivity contribution in [1.82, 2.24) is 4.98 Å². The molecule has 0 atom stereocenters. The van der Waals surface area contributed by atoms with Crippen molar-refractivity contribution in [3.8, 4) is 23.0 Å². The number of aryl methyl sites for hydroxylation is 1. The molecular weight excluding hydrogens is 422 g/mol. The summed E-state index contributed by atoms with van der Waals surface area (Å²) in [4.78, 5) is 16.5. The largest absolute Gasteiger partial charge is 0.465 e. The third-order valence-corrected chi connectivity index (χ3v) is 5.14. The third-order valence-electron chi connectivity index (χ3n) is 3.62. The van der Waals surface area contributed by atoms with Crippen LogP contribution in [-0.2, 0) is 4.74 Å². The van der Waals surface area contributed by atoms with Crippen LogP contribution in [-0.4, -0.2) is 23.4 Å². The lowest BCUT2D eigenvalue weighted by Gasteiger charge is -2.09. The summed E-state index contributed by atoms with van der Waals surface area (Å²) in [5, 5.41) is 3.00. The van der Waals surface area contributed by atoms with Gasteiger partial charge in [-0.1, -0.05) is 39.4 Å². The van der Waals surface area contributed by atoms with Crippen molar-refractivity contribution in [1.29, 1.82) is 0 Å². The fourth-order valence-corrected chi connectivity index (χ4v) is 3.89. The molecule has 0 saturated carbocycles. The standard InChI is InChI=1S/C19H13BrClNO2S/c1-11-8-15(14-9-13(21)6-5-12(14)4-3-7-20)18-17(22-11)16(10-25-18)19(23)24-2/h5-6,8-10H,7H2,1-2H3. The lowest BCUT2D eigenvalue weighted by atomic mass is 9.99. The van der Waals surface area contributed by atoms with Crippen LogP contribution in [0.1, 0.15) is 21.6 Å². The van der Waals surface area contributed by atoms with E-state index < -0.39 is 0 Å².